The molecule has 116 valence electrons. The predicted molar refractivity (Wildman–Crippen MR) is 90.8 cm³/mol. The second-order valence-electron chi connectivity index (χ2n) is 5.95. The van der Waals surface area contributed by atoms with Crippen molar-refractivity contribution >= 4 is 28.4 Å². The van der Waals surface area contributed by atoms with Crippen molar-refractivity contribution in [1.82, 2.24) is 15.1 Å². The number of fused-ring (bicyclic) bond motifs is 1. The normalized spacial score (nSPS) is 14.1. The van der Waals surface area contributed by atoms with Crippen molar-refractivity contribution in [3.05, 3.63) is 64.8 Å². The molecule has 0 spiro atoms. The minimum Gasteiger partial charge on any atom is -0.349 e. The van der Waals surface area contributed by atoms with Crippen molar-refractivity contribution in [2.75, 3.05) is 0 Å². The Kier molecular flexibility index (Phi) is 3.54. The third-order valence-corrected chi connectivity index (χ3v) is 4.28. The topological polar surface area (TPSA) is 46.9 Å². The number of amides is 1. The summed E-state index contributed by atoms with van der Waals surface area (Å²) in [6.45, 7) is 0.623. The van der Waals surface area contributed by atoms with E-state index in [1.165, 1.54) is 0 Å². The van der Waals surface area contributed by atoms with Gasteiger partial charge in [-0.2, -0.15) is 5.10 Å². The molecule has 1 amide bonds. The van der Waals surface area contributed by atoms with Crippen LogP contribution < -0.4 is 5.32 Å². The molecule has 1 heterocycles. The number of carbonyl (C=O) groups is 1. The van der Waals surface area contributed by atoms with E-state index in [0.29, 0.717) is 23.2 Å². The highest BCUT2D eigenvalue weighted by Crippen LogP contribution is 2.21. The van der Waals surface area contributed by atoms with E-state index in [-0.39, 0.29) is 5.91 Å². The minimum atomic E-state index is -0.00935. The monoisotopic (exact) mass is 325 g/mol. The van der Waals surface area contributed by atoms with Crippen LogP contribution in [0.5, 0.6) is 0 Å². The van der Waals surface area contributed by atoms with Gasteiger partial charge in [-0.3, -0.25) is 9.48 Å². The maximum absolute atomic E-state index is 12.2. The maximum atomic E-state index is 12.2. The molecule has 23 heavy (non-hydrogen) atoms. The molecule has 1 aliphatic carbocycles. The van der Waals surface area contributed by atoms with Crippen LogP contribution >= 0.6 is 11.6 Å². The van der Waals surface area contributed by atoms with Gasteiger partial charge in [0, 0.05) is 22.0 Å². The standard InChI is InChI=1S/C18H16ClN3O/c19-15-3-1-2-12(8-15)11-22-17-9-13(4-5-14(17)10-20-22)18(23)21-16-6-7-16/h1-5,8-10,16H,6-7,11H2,(H,21,23). The molecule has 5 heteroatoms. The van der Waals surface area contributed by atoms with Crippen molar-refractivity contribution in [2.24, 2.45) is 0 Å². The number of hydrogen-bond donors (Lipinski definition) is 1. The molecule has 0 bridgehead atoms. The molecule has 1 N–H and O–H groups in total. The molecule has 4 rings (SSSR count). The molecule has 4 nitrogen and oxygen atoms in total. The zero-order chi connectivity index (χ0) is 15.8. The quantitative estimate of drug-likeness (QED) is 0.796. The fourth-order valence-corrected chi connectivity index (χ4v) is 2.86. The molecular formula is C18H16ClN3O. The molecule has 3 aromatic rings. The second kappa shape index (κ2) is 5.70. The van der Waals surface area contributed by atoms with E-state index in [9.17, 15) is 4.79 Å². The smallest absolute Gasteiger partial charge is 0.251 e. The van der Waals surface area contributed by atoms with Crippen molar-refractivity contribution < 1.29 is 4.79 Å². The fraction of sp³-hybridized carbons (Fsp3) is 0.222. The van der Waals surface area contributed by atoms with Gasteiger partial charge < -0.3 is 5.32 Å². The number of benzene rings is 2. The van der Waals surface area contributed by atoms with Gasteiger partial charge >= 0.3 is 0 Å². The van der Waals surface area contributed by atoms with E-state index in [2.05, 4.69) is 10.4 Å². The molecule has 0 saturated heterocycles. The second-order valence-corrected chi connectivity index (χ2v) is 6.39. The molecule has 0 unspecified atom stereocenters. The lowest BCUT2D eigenvalue weighted by atomic mass is 10.1. The van der Waals surface area contributed by atoms with Crippen LogP contribution in [-0.4, -0.2) is 21.7 Å². The summed E-state index contributed by atoms with van der Waals surface area (Å²) in [5.74, 6) is -0.00935. The average Bonchev–Trinajstić information content (AvgIpc) is 3.27. The Balaban J connectivity index is 1.65. The van der Waals surface area contributed by atoms with Crippen LogP contribution in [-0.2, 0) is 6.54 Å². The molecule has 1 aromatic heterocycles. The van der Waals surface area contributed by atoms with Crippen LogP contribution in [0.1, 0.15) is 28.8 Å². The van der Waals surface area contributed by atoms with Crippen LogP contribution in [0.2, 0.25) is 5.02 Å². The van der Waals surface area contributed by atoms with Crippen LogP contribution in [0.25, 0.3) is 10.9 Å². The van der Waals surface area contributed by atoms with Gasteiger partial charge in [-0.05, 0) is 42.7 Å². The van der Waals surface area contributed by atoms with E-state index in [0.717, 1.165) is 29.3 Å². The van der Waals surface area contributed by atoms with Crippen LogP contribution in [0.4, 0.5) is 0 Å². The summed E-state index contributed by atoms with van der Waals surface area (Å²) in [4.78, 5) is 12.2. The summed E-state index contributed by atoms with van der Waals surface area (Å²) in [7, 11) is 0. The van der Waals surface area contributed by atoms with Gasteiger partial charge in [0.2, 0.25) is 0 Å². The first-order chi connectivity index (χ1) is 11.2. The Labute approximate surface area is 139 Å². The molecule has 1 aliphatic rings. The molecule has 0 atom stereocenters. The summed E-state index contributed by atoms with van der Waals surface area (Å²) in [5.41, 5.74) is 2.71. The van der Waals surface area contributed by atoms with Crippen molar-refractivity contribution in [2.45, 2.75) is 25.4 Å². The number of aromatic nitrogens is 2. The Morgan fingerprint density at radius 1 is 1.26 bits per heavy atom. The number of nitrogens with zero attached hydrogens (tertiary/aromatic N) is 2. The summed E-state index contributed by atoms with van der Waals surface area (Å²) >= 11 is 6.04. The SMILES string of the molecule is O=C(NC1CC1)c1ccc2cnn(Cc3cccc(Cl)c3)c2c1. The molecule has 0 aliphatic heterocycles. The van der Waals surface area contributed by atoms with Crippen molar-refractivity contribution in [3.63, 3.8) is 0 Å². The third-order valence-electron chi connectivity index (χ3n) is 4.04. The molecule has 1 saturated carbocycles. The molecule has 2 aromatic carbocycles. The van der Waals surface area contributed by atoms with Crippen molar-refractivity contribution in [1.29, 1.82) is 0 Å². The lowest BCUT2D eigenvalue weighted by Gasteiger charge is -2.07. The zero-order valence-electron chi connectivity index (χ0n) is 12.5. The highest BCUT2D eigenvalue weighted by molar-refractivity contribution is 6.30. The van der Waals surface area contributed by atoms with Crippen LogP contribution in [0.3, 0.4) is 0 Å². The van der Waals surface area contributed by atoms with Gasteiger partial charge in [0.25, 0.3) is 5.91 Å². The van der Waals surface area contributed by atoms with E-state index in [1.807, 2.05) is 53.3 Å². The highest BCUT2D eigenvalue weighted by Gasteiger charge is 2.24. The van der Waals surface area contributed by atoms with E-state index in [1.54, 1.807) is 0 Å². The molecule has 1 fully saturated rings. The van der Waals surface area contributed by atoms with E-state index in [4.69, 9.17) is 11.6 Å². The predicted octanol–water partition coefficient (Wildman–Crippen LogP) is 3.63. The Bertz CT molecular complexity index is 883. The first-order valence-electron chi connectivity index (χ1n) is 7.70. The lowest BCUT2D eigenvalue weighted by molar-refractivity contribution is 0.0951. The lowest BCUT2D eigenvalue weighted by Crippen LogP contribution is -2.25. The maximum Gasteiger partial charge on any atom is 0.251 e. The minimum absolute atomic E-state index is 0.00935. The third kappa shape index (κ3) is 3.08. The van der Waals surface area contributed by atoms with Crippen molar-refractivity contribution in [3.8, 4) is 0 Å². The van der Waals surface area contributed by atoms with Gasteiger partial charge in [0.05, 0.1) is 18.3 Å². The number of nitrogens with one attached hydrogen (secondary N) is 1. The highest BCUT2D eigenvalue weighted by atomic mass is 35.5. The van der Waals surface area contributed by atoms with E-state index >= 15 is 0 Å². The summed E-state index contributed by atoms with van der Waals surface area (Å²) < 4.78 is 1.90. The van der Waals surface area contributed by atoms with Gasteiger partial charge in [0.15, 0.2) is 0 Å². The fourth-order valence-electron chi connectivity index (χ4n) is 2.64. The Morgan fingerprint density at radius 2 is 2.13 bits per heavy atom. The largest absolute Gasteiger partial charge is 0.349 e. The van der Waals surface area contributed by atoms with Gasteiger partial charge in [-0.25, -0.2) is 0 Å². The van der Waals surface area contributed by atoms with Gasteiger partial charge in [-0.1, -0.05) is 29.8 Å². The Morgan fingerprint density at radius 3 is 2.91 bits per heavy atom. The first kappa shape index (κ1) is 14.3. The average molecular weight is 326 g/mol. The van der Waals surface area contributed by atoms with Gasteiger partial charge in [0.1, 0.15) is 0 Å². The summed E-state index contributed by atoms with van der Waals surface area (Å²) in [5, 5.41) is 9.19. The number of rotatable bonds is 4. The van der Waals surface area contributed by atoms with E-state index < -0.39 is 0 Å². The zero-order valence-corrected chi connectivity index (χ0v) is 13.3. The number of halogens is 1. The summed E-state index contributed by atoms with van der Waals surface area (Å²) in [6.07, 6.45) is 3.99. The first-order valence-corrected chi connectivity index (χ1v) is 8.08. The summed E-state index contributed by atoms with van der Waals surface area (Å²) in [6, 6.07) is 13.8. The molecule has 0 radical (unpaired) electrons. The van der Waals surface area contributed by atoms with Gasteiger partial charge in [-0.15, -0.1) is 0 Å². The van der Waals surface area contributed by atoms with Crippen LogP contribution in [0, 0.1) is 0 Å². The number of carbonyl (C=O) groups excluding carboxylic acids is 1. The molecular weight excluding hydrogens is 310 g/mol. The number of hydrogen-bond acceptors (Lipinski definition) is 2. The van der Waals surface area contributed by atoms with Crippen LogP contribution in [0.15, 0.2) is 48.7 Å². The Hall–Kier alpha value is -2.33.